The van der Waals surface area contributed by atoms with Crippen molar-refractivity contribution in [2.24, 2.45) is 11.7 Å². The van der Waals surface area contributed by atoms with Gasteiger partial charge in [0.1, 0.15) is 6.04 Å². The molecular weight excluding hydrogens is 434 g/mol. The van der Waals surface area contributed by atoms with Gasteiger partial charge in [0.2, 0.25) is 16.9 Å². The Hall–Kier alpha value is -2.64. The van der Waals surface area contributed by atoms with E-state index in [1.807, 2.05) is 38.1 Å². The van der Waals surface area contributed by atoms with Crippen LogP contribution in [-0.2, 0) is 20.8 Å². The number of rotatable bonds is 8. The molecule has 0 saturated heterocycles. The van der Waals surface area contributed by atoms with E-state index in [1.165, 1.54) is 11.1 Å². The lowest BCUT2D eigenvalue weighted by atomic mass is 10.0. The van der Waals surface area contributed by atoms with Crippen molar-refractivity contribution in [2.75, 3.05) is 19.3 Å². The van der Waals surface area contributed by atoms with Crippen LogP contribution in [0.1, 0.15) is 38.3 Å². The summed E-state index contributed by atoms with van der Waals surface area (Å²) >= 11 is 1.05. The minimum absolute atomic E-state index is 0.0346. The van der Waals surface area contributed by atoms with Gasteiger partial charge in [-0.15, -0.1) is 0 Å². The maximum atomic E-state index is 11.8. The zero-order valence-electron chi connectivity index (χ0n) is 20.5. The molecule has 0 aromatic heterocycles. The topological polar surface area (TPSA) is 101 Å². The maximum absolute atomic E-state index is 11.8. The highest BCUT2D eigenvalue weighted by Crippen LogP contribution is 2.05. The summed E-state index contributed by atoms with van der Waals surface area (Å²) in [5, 5.41) is 4.92. The molecule has 0 unspecified atom stereocenters. The molecule has 0 radical (unpaired) electrons. The fraction of sp³-hybridized carbons (Fsp3) is 0.423. The summed E-state index contributed by atoms with van der Waals surface area (Å²) in [6, 6.07) is 20.1. The lowest BCUT2D eigenvalue weighted by Crippen LogP contribution is -2.49. The van der Waals surface area contributed by atoms with Gasteiger partial charge in [-0.1, -0.05) is 98.8 Å². The standard InChI is InChI=1S/C11H21N3O3S.C8H10.C7H8/c1-7(2)4-8(14-9(15)5-12)11(17)13-6-10(16)18-3;1-2-8-6-4-3-5-7-8;1-7-5-3-2-4-6-7/h7-8H,4-6,12H2,1-3H3,(H,13,17)(H,14,15);3-7H,2H2,1H3;2-6H,1H3/t8-;;/m0../s1. The van der Waals surface area contributed by atoms with Gasteiger partial charge < -0.3 is 16.4 Å². The van der Waals surface area contributed by atoms with E-state index in [0.717, 1.165) is 18.2 Å². The highest BCUT2D eigenvalue weighted by Gasteiger charge is 2.21. The fourth-order valence-electron chi connectivity index (χ4n) is 2.56. The summed E-state index contributed by atoms with van der Waals surface area (Å²) in [7, 11) is 0. The summed E-state index contributed by atoms with van der Waals surface area (Å²) in [6.07, 6.45) is 3.29. The van der Waals surface area contributed by atoms with Crippen molar-refractivity contribution >= 4 is 28.7 Å². The molecule has 2 aromatic rings. The Labute approximate surface area is 203 Å². The molecule has 182 valence electrons. The van der Waals surface area contributed by atoms with Crippen molar-refractivity contribution in [3.8, 4) is 0 Å². The van der Waals surface area contributed by atoms with Crippen LogP contribution in [0.5, 0.6) is 0 Å². The van der Waals surface area contributed by atoms with Gasteiger partial charge in [-0.25, -0.2) is 0 Å². The first-order chi connectivity index (χ1) is 15.7. The molecule has 0 saturated carbocycles. The molecule has 0 fully saturated rings. The van der Waals surface area contributed by atoms with Crippen LogP contribution in [0.15, 0.2) is 60.7 Å². The minimum Gasteiger partial charge on any atom is -0.346 e. The van der Waals surface area contributed by atoms with Crippen molar-refractivity contribution in [2.45, 2.75) is 46.6 Å². The number of benzene rings is 2. The van der Waals surface area contributed by atoms with Gasteiger partial charge in [0.25, 0.3) is 0 Å². The highest BCUT2D eigenvalue weighted by atomic mass is 32.2. The van der Waals surface area contributed by atoms with Crippen LogP contribution in [-0.4, -0.2) is 42.3 Å². The lowest BCUT2D eigenvalue weighted by molar-refractivity contribution is -0.129. The van der Waals surface area contributed by atoms with Crippen molar-refractivity contribution in [3.63, 3.8) is 0 Å². The molecule has 6 nitrogen and oxygen atoms in total. The van der Waals surface area contributed by atoms with Gasteiger partial charge in [0.15, 0.2) is 0 Å². The van der Waals surface area contributed by atoms with Gasteiger partial charge in [0, 0.05) is 0 Å². The van der Waals surface area contributed by atoms with Crippen LogP contribution in [0.4, 0.5) is 0 Å². The summed E-state index contributed by atoms with van der Waals surface area (Å²) in [6.45, 7) is 7.94. The van der Waals surface area contributed by atoms with E-state index in [2.05, 4.69) is 60.9 Å². The van der Waals surface area contributed by atoms with Crippen molar-refractivity contribution < 1.29 is 14.4 Å². The van der Waals surface area contributed by atoms with Crippen LogP contribution in [0, 0.1) is 12.8 Å². The van der Waals surface area contributed by atoms with Gasteiger partial charge in [-0.2, -0.15) is 0 Å². The lowest BCUT2D eigenvalue weighted by Gasteiger charge is -2.19. The van der Waals surface area contributed by atoms with Gasteiger partial charge in [0.05, 0.1) is 13.1 Å². The molecule has 0 aliphatic carbocycles. The molecule has 1 atom stereocenters. The van der Waals surface area contributed by atoms with E-state index in [-0.39, 0.29) is 35.9 Å². The number of amides is 2. The van der Waals surface area contributed by atoms with E-state index >= 15 is 0 Å². The van der Waals surface area contributed by atoms with Crippen LogP contribution in [0.3, 0.4) is 0 Å². The monoisotopic (exact) mass is 473 g/mol. The third-order valence-electron chi connectivity index (χ3n) is 4.37. The smallest absolute Gasteiger partial charge is 0.242 e. The Bertz CT molecular complexity index is 799. The Morgan fingerprint density at radius 2 is 1.52 bits per heavy atom. The minimum atomic E-state index is -0.643. The molecule has 0 aliphatic rings. The number of carbonyl (C=O) groups is 3. The Kier molecular flexibility index (Phi) is 17.4. The summed E-state index contributed by atoms with van der Waals surface area (Å²) in [5.74, 6) is -0.491. The second-order valence-electron chi connectivity index (χ2n) is 7.74. The molecule has 2 aromatic carbocycles. The third kappa shape index (κ3) is 16.6. The summed E-state index contributed by atoms with van der Waals surface area (Å²) in [4.78, 5) is 34.1. The van der Waals surface area contributed by atoms with Crippen molar-refractivity contribution in [1.82, 2.24) is 10.6 Å². The van der Waals surface area contributed by atoms with Crippen LogP contribution in [0.2, 0.25) is 0 Å². The SMILES string of the molecule is CCc1ccccc1.CSC(=O)CNC(=O)[C@H](CC(C)C)NC(=O)CN.Cc1ccccc1. The predicted molar refractivity (Wildman–Crippen MR) is 139 cm³/mol. The maximum Gasteiger partial charge on any atom is 0.242 e. The largest absolute Gasteiger partial charge is 0.346 e. The van der Waals surface area contributed by atoms with E-state index < -0.39 is 6.04 Å². The molecule has 0 aliphatic heterocycles. The molecule has 7 heteroatoms. The van der Waals surface area contributed by atoms with E-state index in [0.29, 0.717) is 6.42 Å². The summed E-state index contributed by atoms with van der Waals surface area (Å²) in [5.41, 5.74) is 7.93. The number of carbonyl (C=O) groups excluding carboxylic acids is 3. The first-order valence-corrected chi connectivity index (χ1v) is 12.3. The number of hydrogen-bond acceptors (Lipinski definition) is 5. The van der Waals surface area contributed by atoms with E-state index in [9.17, 15) is 14.4 Å². The average molecular weight is 474 g/mol. The Morgan fingerprint density at radius 3 is 1.88 bits per heavy atom. The number of aryl methyl sites for hydroxylation is 2. The number of hydrogen-bond donors (Lipinski definition) is 3. The quantitative estimate of drug-likeness (QED) is 0.542. The van der Waals surface area contributed by atoms with Gasteiger partial charge in [-0.05, 0) is 37.5 Å². The van der Waals surface area contributed by atoms with Crippen LogP contribution in [0.25, 0.3) is 0 Å². The molecule has 0 spiro atoms. The first-order valence-electron chi connectivity index (χ1n) is 11.1. The zero-order valence-corrected chi connectivity index (χ0v) is 21.3. The first kappa shape index (κ1) is 30.4. The number of nitrogens with two attached hydrogens (primary N) is 1. The number of thioether (sulfide) groups is 1. The van der Waals surface area contributed by atoms with Crippen molar-refractivity contribution in [1.29, 1.82) is 0 Å². The van der Waals surface area contributed by atoms with E-state index in [4.69, 9.17) is 5.73 Å². The predicted octanol–water partition coefficient (Wildman–Crippen LogP) is 3.73. The van der Waals surface area contributed by atoms with Crippen LogP contribution < -0.4 is 16.4 Å². The highest BCUT2D eigenvalue weighted by molar-refractivity contribution is 8.13. The Morgan fingerprint density at radius 1 is 0.970 bits per heavy atom. The second kappa shape index (κ2) is 18.9. The normalized spacial score (nSPS) is 10.6. The molecular formula is C26H39N3O3S. The Balaban J connectivity index is 0.000000551. The van der Waals surface area contributed by atoms with Gasteiger partial charge in [-0.3, -0.25) is 14.4 Å². The second-order valence-corrected chi connectivity index (χ2v) is 8.61. The molecule has 0 heterocycles. The fourth-order valence-corrected chi connectivity index (χ4v) is 2.78. The number of nitrogens with one attached hydrogen (secondary N) is 2. The molecule has 0 bridgehead atoms. The molecule has 4 N–H and O–H groups in total. The van der Waals surface area contributed by atoms with Gasteiger partial charge >= 0.3 is 0 Å². The molecule has 2 amide bonds. The van der Waals surface area contributed by atoms with Crippen LogP contribution >= 0.6 is 11.8 Å². The molecule has 2 rings (SSSR count). The van der Waals surface area contributed by atoms with E-state index in [1.54, 1.807) is 6.26 Å². The zero-order chi connectivity index (χ0) is 25.1. The van der Waals surface area contributed by atoms with Crippen molar-refractivity contribution in [3.05, 3.63) is 71.8 Å². The third-order valence-corrected chi connectivity index (χ3v) is 4.97. The average Bonchev–Trinajstić information content (AvgIpc) is 2.83. The summed E-state index contributed by atoms with van der Waals surface area (Å²) < 4.78 is 0. The molecule has 33 heavy (non-hydrogen) atoms.